The fraction of sp³-hybridized carbons (Fsp3) is 0.333. The van der Waals surface area contributed by atoms with E-state index in [1.807, 2.05) is 0 Å². The van der Waals surface area contributed by atoms with E-state index in [1.54, 1.807) is 0 Å². The Bertz CT molecular complexity index is 1230. The van der Waals surface area contributed by atoms with Crippen LogP contribution in [0.1, 0.15) is 18.3 Å². The van der Waals surface area contributed by atoms with Gasteiger partial charge in [-0.3, -0.25) is 24.4 Å². The number of carboxylic acids is 1. The van der Waals surface area contributed by atoms with Crippen molar-refractivity contribution in [1.82, 2.24) is 30.6 Å². The van der Waals surface area contributed by atoms with Gasteiger partial charge in [0.25, 0.3) is 11.8 Å². The van der Waals surface area contributed by atoms with Crippen LogP contribution in [0.4, 0.5) is 5.13 Å². The largest absolute Gasteiger partial charge is 1.00 e. The van der Waals surface area contributed by atoms with Crippen molar-refractivity contribution in [3.8, 4) is 0 Å². The zero-order chi connectivity index (χ0) is 25.1. The number of nitrogens with two attached hydrogens (primary N) is 1. The zero-order valence-corrected chi connectivity index (χ0v) is 22.6. The number of carbonyl (C=O) groups excluding carboxylic acids is 4. The van der Waals surface area contributed by atoms with Crippen LogP contribution in [0.5, 0.6) is 0 Å². The molecule has 184 valence electrons. The number of H-pyrrole nitrogens is 1. The number of thioether (sulfide) groups is 1. The van der Waals surface area contributed by atoms with Gasteiger partial charge in [-0.25, -0.2) is 4.98 Å². The van der Waals surface area contributed by atoms with E-state index in [0.717, 1.165) is 16.2 Å². The Labute approximate surface area is 233 Å². The molecule has 4 rings (SSSR count). The number of aromatic amines is 1. The Kier molecular flexibility index (Phi) is 9.07. The van der Waals surface area contributed by atoms with Crippen LogP contribution in [0, 0.1) is 0 Å². The van der Waals surface area contributed by atoms with Crippen molar-refractivity contribution in [2.75, 3.05) is 18.1 Å². The number of ether oxygens (including phenoxy) is 1. The fourth-order valence-corrected chi connectivity index (χ4v) is 5.12. The number of oxime groups is 1. The van der Waals surface area contributed by atoms with Gasteiger partial charge in [-0.15, -0.1) is 28.2 Å². The average Bonchev–Trinajstić information content (AvgIpc) is 3.49. The van der Waals surface area contributed by atoms with E-state index in [-0.39, 0.29) is 76.3 Å². The predicted molar refractivity (Wildman–Crippen MR) is 118 cm³/mol. The number of hydrogen-bond donors (Lipinski definition) is 3. The first-order chi connectivity index (χ1) is 16.8. The van der Waals surface area contributed by atoms with Gasteiger partial charge in [0.05, 0.1) is 11.7 Å². The van der Waals surface area contributed by atoms with Crippen molar-refractivity contribution in [2.24, 2.45) is 5.16 Å². The van der Waals surface area contributed by atoms with Crippen molar-refractivity contribution in [1.29, 1.82) is 0 Å². The first kappa shape index (κ1) is 27.6. The third-order valence-corrected chi connectivity index (χ3v) is 6.81. The molecule has 4 N–H and O–H groups in total. The van der Waals surface area contributed by atoms with Gasteiger partial charge in [0.2, 0.25) is 0 Å². The summed E-state index contributed by atoms with van der Waals surface area (Å²) in [7, 11) is 0. The van der Waals surface area contributed by atoms with Crippen LogP contribution in [0.15, 0.2) is 28.0 Å². The number of nitrogens with zero attached hydrogens (tertiary/aromatic N) is 5. The van der Waals surface area contributed by atoms with E-state index in [2.05, 4.69) is 30.9 Å². The molecule has 4 heterocycles. The predicted octanol–water partition coefficient (Wildman–Crippen LogP) is -5.26. The standard InChI is InChI=1S/C18H18N8O7S2.Na/c1-7(27)32-3-8-5-34-16-12(15(29)26(16)13(8)17(30)31)22-14(28)11(10-6-35-18(19)21-10)24-33-4-9-2-20-25-23-9;/h2,6,12,16H,3-5H2,1H3,(H2,19,21)(H,22,28)(H,30,31)(H,20,23,25);/q;+1/p-1/b24-11-;/t12-,16-;/m1./s1. The Balaban J connectivity index is 0.00000361. The van der Waals surface area contributed by atoms with Gasteiger partial charge in [-0.2, -0.15) is 0 Å². The molecule has 2 aromatic rings. The van der Waals surface area contributed by atoms with Crippen molar-refractivity contribution < 1.29 is 63.4 Å². The van der Waals surface area contributed by atoms with Gasteiger partial charge in [-0.1, -0.05) is 10.4 Å². The summed E-state index contributed by atoms with van der Waals surface area (Å²) in [5, 5.41) is 28.9. The molecule has 0 spiro atoms. The molecule has 0 saturated carbocycles. The summed E-state index contributed by atoms with van der Waals surface area (Å²) in [6, 6.07) is -1.05. The molecule has 15 nitrogen and oxygen atoms in total. The summed E-state index contributed by atoms with van der Waals surface area (Å²) < 4.78 is 4.88. The Morgan fingerprint density at radius 3 is 2.78 bits per heavy atom. The molecule has 2 aromatic heterocycles. The van der Waals surface area contributed by atoms with Gasteiger partial charge in [0, 0.05) is 29.8 Å². The average molecular weight is 545 g/mol. The molecule has 36 heavy (non-hydrogen) atoms. The smallest absolute Gasteiger partial charge is 0.543 e. The topological polar surface area (TPSA) is 218 Å². The van der Waals surface area contributed by atoms with E-state index in [9.17, 15) is 24.3 Å². The number of hydrogen-bond acceptors (Lipinski definition) is 14. The molecular weight excluding hydrogens is 527 g/mol. The number of nitrogens with one attached hydrogen (secondary N) is 2. The number of rotatable bonds is 9. The molecule has 2 aliphatic heterocycles. The quantitative estimate of drug-likeness (QED) is 0.0887. The Morgan fingerprint density at radius 2 is 2.17 bits per heavy atom. The number of thiazole rings is 1. The summed E-state index contributed by atoms with van der Waals surface area (Å²) in [6.07, 6.45) is 1.48. The minimum Gasteiger partial charge on any atom is -0.543 e. The van der Waals surface area contributed by atoms with E-state index >= 15 is 0 Å². The van der Waals surface area contributed by atoms with Gasteiger partial charge in [0.15, 0.2) is 17.5 Å². The molecule has 0 aromatic carbocycles. The molecule has 0 aliphatic carbocycles. The van der Waals surface area contributed by atoms with Gasteiger partial charge < -0.3 is 30.5 Å². The molecule has 1 fully saturated rings. The first-order valence-corrected chi connectivity index (χ1v) is 11.8. The third-order valence-electron chi connectivity index (χ3n) is 4.79. The molecule has 0 unspecified atom stereocenters. The van der Waals surface area contributed by atoms with E-state index < -0.39 is 35.2 Å². The minimum atomic E-state index is -1.59. The van der Waals surface area contributed by atoms with E-state index in [4.69, 9.17) is 15.3 Å². The molecule has 0 radical (unpaired) electrons. The number of nitrogen functional groups attached to an aromatic ring is 1. The molecule has 18 heteroatoms. The summed E-state index contributed by atoms with van der Waals surface area (Å²) in [4.78, 5) is 58.9. The van der Waals surface area contributed by atoms with Crippen LogP contribution in [0.3, 0.4) is 0 Å². The number of carboxylic acid groups (broad SMARTS) is 1. The molecule has 1 saturated heterocycles. The third kappa shape index (κ3) is 5.86. The fourth-order valence-electron chi connectivity index (χ4n) is 3.24. The van der Waals surface area contributed by atoms with E-state index in [0.29, 0.717) is 5.69 Å². The number of aliphatic carboxylic acids is 1. The normalized spacial score (nSPS) is 19.1. The van der Waals surface area contributed by atoms with Crippen LogP contribution >= 0.6 is 23.1 Å². The number of anilines is 1. The Morgan fingerprint density at radius 1 is 1.39 bits per heavy atom. The number of carbonyl (C=O) groups is 4. The van der Waals surface area contributed by atoms with Crippen LogP contribution in [-0.4, -0.2) is 78.5 Å². The molecular formula is C18H17N8NaO7S2. The van der Waals surface area contributed by atoms with Crippen molar-refractivity contribution >= 4 is 57.7 Å². The van der Waals surface area contributed by atoms with Gasteiger partial charge >= 0.3 is 35.5 Å². The number of fused-ring (bicyclic) bond motifs is 1. The summed E-state index contributed by atoms with van der Waals surface area (Å²) in [5.41, 5.74) is 5.84. The van der Waals surface area contributed by atoms with Crippen LogP contribution in [0.25, 0.3) is 0 Å². The second kappa shape index (κ2) is 11.8. The number of esters is 1. The van der Waals surface area contributed by atoms with Gasteiger partial charge in [0.1, 0.15) is 29.4 Å². The van der Waals surface area contributed by atoms with Crippen molar-refractivity contribution in [2.45, 2.75) is 24.9 Å². The van der Waals surface area contributed by atoms with Crippen LogP contribution in [-0.2, 0) is 35.4 Å². The molecule has 2 aliphatic rings. The maximum absolute atomic E-state index is 13.0. The molecule has 0 bridgehead atoms. The number of amides is 2. The zero-order valence-electron chi connectivity index (χ0n) is 18.9. The second-order valence-electron chi connectivity index (χ2n) is 7.13. The molecule has 2 atom stereocenters. The summed E-state index contributed by atoms with van der Waals surface area (Å²) in [6.45, 7) is 0.805. The van der Waals surface area contributed by atoms with Crippen molar-refractivity contribution in [3.05, 3.63) is 34.2 Å². The first-order valence-electron chi connectivity index (χ1n) is 9.85. The Hall–Kier alpha value is -2.99. The van der Waals surface area contributed by atoms with Crippen LogP contribution < -0.4 is 45.7 Å². The van der Waals surface area contributed by atoms with Crippen LogP contribution in [0.2, 0.25) is 0 Å². The summed E-state index contributed by atoms with van der Waals surface area (Å²) >= 11 is 2.28. The van der Waals surface area contributed by atoms with E-state index in [1.165, 1.54) is 30.3 Å². The monoisotopic (exact) mass is 544 g/mol. The minimum absolute atomic E-state index is 0. The summed E-state index contributed by atoms with van der Waals surface area (Å²) in [5.74, 6) is -3.48. The number of β-lactam (4-membered cyclic amide) rings is 1. The SMILES string of the molecule is CC(=O)OCC1=C(C(=O)[O-])N2C(=O)[C@@H](NC(=O)/C(=N\OCc3c[nH]nn3)c3csc(N)n3)[C@H]2SC1.[Na+]. The molecule has 2 amide bonds. The second-order valence-corrected chi connectivity index (χ2v) is 9.12. The maximum Gasteiger partial charge on any atom is 1.00 e. The number of aromatic nitrogens is 4. The van der Waals surface area contributed by atoms with Crippen molar-refractivity contribution in [3.63, 3.8) is 0 Å². The van der Waals surface area contributed by atoms with Gasteiger partial charge in [-0.05, 0) is 0 Å². The maximum atomic E-state index is 13.0.